The largest absolute Gasteiger partial charge is 0.376 e. The zero-order chi connectivity index (χ0) is 19.4. The van der Waals surface area contributed by atoms with Crippen LogP contribution in [0.4, 0.5) is 11.4 Å². The molecular formula is C20H27N3O4. The minimum absolute atomic E-state index is 0.0129. The van der Waals surface area contributed by atoms with Crippen molar-refractivity contribution in [3.8, 4) is 0 Å². The molecule has 1 fully saturated rings. The van der Waals surface area contributed by atoms with Gasteiger partial charge in [0.1, 0.15) is 0 Å². The first-order chi connectivity index (χ1) is 13.0. The van der Waals surface area contributed by atoms with Crippen molar-refractivity contribution in [1.82, 2.24) is 5.32 Å². The fourth-order valence-corrected chi connectivity index (χ4v) is 3.47. The van der Waals surface area contributed by atoms with Gasteiger partial charge in [-0.3, -0.25) is 14.4 Å². The summed E-state index contributed by atoms with van der Waals surface area (Å²) in [4.78, 5) is 38.4. The molecule has 2 N–H and O–H groups in total. The molecule has 3 rings (SSSR count). The van der Waals surface area contributed by atoms with Crippen molar-refractivity contribution in [2.75, 3.05) is 29.9 Å². The van der Waals surface area contributed by atoms with Crippen LogP contribution in [0.15, 0.2) is 18.2 Å². The van der Waals surface area contributed by atoms with Gasteiger partial charge in [0.25, 0.3) is 0 Å². The quantitative estimate of drug-likeness (QED) is 0.789. The SMILES string of the molecule is CC(C)C(=O)N1CCCc2ccc(NC(=O)C(=O)NC[C@H]3CCCO3)cc21. The van der Waals surface area contributed by atoms with Crippen LogP contribution in [-0.4, -0.2) is 43.5 Å². The van der Waals surface area contributed by atoms with Gasteiger partial charge in [0.05, 0.1) is 6.10 Å². The number of nitrogens with zero attached hydrogens (tertiary/aromatic N) is 1. The predicted octanol–water partition coefficient (Wildman–Crippen LogP) is 1.86. The molecule has 27 heavy (non-hydrogen) atoms. The van der Waals surface area contributed by atoms with Crippen molar-refractivity contribution >= 4 is 29.1 Å². The summed E-state index contributed by atoms with van der Waals surface area (Å²) in [6.07, 6.45) is 3.68. The molecule has 0 saturated carbocycles. The highest BCUT2D eigenvalue weighted by Gasteiger charge is 2.25. The number of hydrogen-bond donors (Lipinski definition) is 2. The van der Waals surface area contributed by atoms with Gasteiger partial charge in [0, 0.05) is 37.0 Å². The molecule has 0 radical (unpaired) electrons. The summed E-state index contributed by atoms with van der Waals surface area (Å²) in [5.74, 6) is -1.43. The average Bonchev–Trinajstić information content (AvgIpc) is 3.18. The number of anilines is 2. The summed E-state index contributed by atoms with van der Waals surface area (Å²) < 4.78 is 5.43. The molecule has 2 heterocycles. The third-order valence-electron chi connectivity index (χ3n) is 4.94. The van der Waals surface area contributed by atoms with Crippen LogP contribution in [0.5, 0.6) is 0 Å². The molecule has 0 spiro atoms. The summed E-state index contributed by atoms with van der Waals surface area (Å²) >= 11 is 0. The fraction of sp³-hybridized carbons (Fsp3) is 0.550. The number of carbonyl (C=O) groups excluding carboxylic acids is 3. The maximum atomic E-state index is 12.5. The Morgan fingerprint density at radius 2 is 2.04 bits per heavy atom. The number of nitrogens with one attached hydrogen (secondary N) is 2. The Hall–Kier alpha value is -2.41. The van der Waals surface area contributed by atoms with Gasteiger partial charge in [-0.1, -0.05) is 19.9 Å². The van der Waals surface area contributed by atoms with E-state index in [1.54, 1.807) is 17.0 Å². The molecule has 2 aliphatic rings. The van der Waals surface area contributed by atoms with Crippen LogP contribution in [0.25, 0.3) is 0 Å². The summed E-state index contributed by atoms with van der Waals surface area (Å²) in [5.41, 5.74) is 2.41. The van der Waals surface area contributed by atoms with Gasteiger partial charge in [0.2, 0.25) is 5.91 Å². The van der Waals surface area contributed by atoms with E-state index in [1.807, 2.05) is 19.9 Å². The van der Waals surface area contributed by atoms with Crippen molar-refractivity contribution in [2.24, 2.45) is 5.92 Å². The molecule has 0 aliphatic carbocycles. The molecule has 2 aliphatic heterocycles. The molecule has 1 atom stereocenters. The van der Waals surface area contributed by atoms with Crippen molar-refractivity contribution in [1.29, 1.82) is 0 Å². The first-order valence-corrected chi connectivity index (χ1v) is 9.61. The Morgan fingerprint density at radius 3 is 2.74 bits per heavy atom. The van der Waals surface area contributed by atoms with Crippen LogP contribution < -0.4 is 15.5 Å². The molecule has 0 unspecified atom stereocenters. The van der Waals surface area contributed by atoms with Crippen molar-refractivity contribution < 1.29 is 19.1 Å². The van der Waals surface area contributed by atoms with E-state index in [0.717, 1.165) is 36.9 Å². The second-order valence-electron chi connectivity index (χ2n) is 7.39. The molecule has 1 aromatic rings. The van der Waals surface area contributed by atoms with E-state index in [0.29, 0.717) is 25.4 Å². The van der Waals surface area contributed by atoms with Crippen LogP contribution in [0.2, 0.25) is 0 Å². The maximum absolute atomic E-state index is 12.5. The fourth-order valence-electron chi connectivity index (χ4n) is 3.47. The van der Waals surface area contributed by atoms with E-state index in [-0.39, 0.29) is 17.9 Å². The highest BCUT2D eigenvalue weighted by atomic mass is 16.5. The first-order valence-electron chi connectivity index (χ1n) is 9.61. The van der Waals surface area contributed by atoms with Crippen molar-refractivity contribution in [2.45, 2.75) is 45.6 Å². The highest BCUT2D eigenvalue weighted by molar-refractivity contribution is 6.39. The van der Waals surface area contributed by atoms with Gasteiger partial charge >= 0.3 is 11.8 Å². The van der Waals surface area contributed by atoms with E-state index < -0.39 is 11.8 Å². The third kappa shape index (κ3) is 4.66. The zero-order valence-corrected chi connectivity index (χ0v) is 15.9. The van der Waals surface area contributed by atoms with Gasteiger partial charge in [-0.15, -0.1) is 0 Å². The molecule has 1 aromatic carbocycles. The Morgan fingerprint density at radius 1 is 1.22 bits per heavy atom. The molecule has 0 bridgehead atoms. The normalized spacial score (nSPS) is 18.9. The standard InChI is InChI=1S/C20H27N3O4/c1-13(2)20(26)23-9-3-5-14-7-8-15(11-17(14)23)22-19(25)18(24)21-12-16-6-4-10-27-16/h7-8,11,13,16H,3-6,9-10,12H2,1-2H3,(H,21,24)(H,22,25)/t16-/m1/s1. The van der Waals surface area contributed by atoms with Crippen LogP contribution >= 0.6 is 0 Å². The lowest BCUT2D eigenvalue weighted by molar-refractivity contribution is -0.136. The maximum Gasteiger partial charge on any atom is 0.313 e. The summed E-state index contributed by atoms with van der Waals surface area (Å²) in [6.45, 7) is 5.46. The molecule has 3 amide bonds. The molecule has 146 valence electrons. The van der Waals surface area contributed by atoms with Crippen LogP contribution in [0, 0.1) is 5.92 Å². The topological polar surface area (TPSA) is 87.7 Å². The number of hydrogen-bond acceptors (Lipinski definition) is 4. The number of aryl methyl sites for hydroxylation is 1. The van der Waals surface area contributed by atoms with Gasteiger partial charge in [-0.2, -0.15) is 0 Å². The van der Waals surface area contributed by atoms with E-state index in [9.17, 15) is 14.4 Å². The minimum Gasteiger partial charge on any atom is -0.376 e. The molecular weight excluding hydrogens is 346 g/mol. The van der Waals surface area contributed by atoms with E-state index >= 15 is 0 Å². The Balaban J connectivity index is 1.65. The summed E-state index contributed by atoms with van der Waals surface area (Å²) in [7, 11) is 0. The van der Waals surface area contributed by atoms with Gasteiger partial charge in [-0.25, -0.2) is 0 Å². The first kappa shape index (κ1) is 19.4. The lowest BCUT2D eigenvalue weighted by atomic mass is 9.99. The lowest BCUT2D eigenvalue weighted by Gasteiger charge is -2.31. The molecule has 1 saturated heterocycles. The number of ether oxygens (including phenoxy) is 1. The van der Waals surface area contributed by atoms with E-state index in [1.165, 1.54) is 0 Å². The molecule has 7 heteroatoms. The van der Waals surface area contributed by atoms with Crippen LogP contribution in [-0.2, 0) is 25.5 Å². The van der Waals surface area contributed by atoms with E-state index in [4.69, 9.17) is 4.74 Å². The molecule has 0 aromatic heterocycles. The second-order valence-corrected chi connectivity index (χ2v) is 7.39. The number of rotatable bonds is 4. The monoisotopic (exact) mass is 373 g/mol. The Kier molecular flexibility index (Phi) is 6.11. The van der Waals surface area contributed by atoms with Crippen LogP contribution in [0.1, 0.15) is 38.7 Å². The smallest absolute Gasteiger partial charge is 0.313 e. The Bertz CT molecular complexity index is 726. The van der Waals surface area contributed by atoms with Crippen LogP contribution in [0.3, 0.4) is 0 Å². The average molecular weight is 373 g/mol. The summed E-state index contributed by atoms with van der Waals surface area (Å²) in [6, 6.07) is 5.46. The molecule has 7 nitrogen and oxygen atoms in total. The number of amides is 3. The number of benzene rings is 1. The van der Waals surface area contributed by atoms with Gasteiger partial charge < -0.3 is 20.3 Å². The second kappa shape index (κ2) is 8.52. The summed E-state index contributed by atoms with van der Waals surface area (Å²) in [5, 5.41) is 5.23. The third-order valence-corrected chi connectivity index (χ3v) is 4.94. The van der Waals surface area contributed by atoms with Crippen molar-refractivity contribution in [3.63, 3.8) is 0 Å². The number of carbonyl (C=O) groups is 3. The number of fused-ring (bicyclic) bond motifs is 1. The highest BCUT2D eigenvalue weighted by Crippen LogP contribution is 2.31. The minimum atomic E-state index is -0.717. The van der Waals surface area contributed by atoms with Gasteiger partial charge in [-0.05, 0) is 43.4 Å². The Labute approximate surface area is 159 Å². The van der Waals surface area contributed by atoms with E-state index in [2.05, 4.69) is 10.6 Å². The van der Waals surface area contributed by atoms with Crippen molar-refractivity contribution in [3.05, 3.63) is 23.8 Å². The van der Waals surface area contributed by atoms with Gasteiger partial charge in [0.15, 0.2) is 0 Å². The lowest BCUT2D eigenvalue weighted by Crippen LogP contribution is -2.40. The predicted molar refractivity (Wildman–Crippen MR) is 103 cm³/mol. The zero-order valence-electron chi connectivity index (χ0n) is 15.9.